The molecule has 0 saturated heterocycles. The summed E-state index contributed by atoms with van der Waals surface area (Å²) in [5, 5.41) is 8.53. The Kier molecular flexibility index (Phi) is 6.17. The molecule has 0 aliphatic heterocycles. The summed E-state index contributed by atoms with van der Waals surface area (Å²) in [5.74, 6) is -4.07. The maximum absolute atomic E-state index is 13.2. The highest BCUT2D eigenvalue weighted by molar-refractivity contribution is 5.89. The fraction of sp³-hybridized carbons (Fsp3) is 0.364. The highest BCUT2D eigenvalue weighted by Gasteiger charge is 2.37. The van der Waals surface area contributed by atoms with Gasteiger partial charge < -0.3 is 15.6 Å². The quantitative estimate of drug-likeness (QED) is 0.821. The van der Waals surface area contributed by atoms with Crippen molar-refractivity contribution in [3.63, 3.8) is 0 Å². The molecule has 0 spiro atoms. The molecule has 0 unspecified atom stereocenters. The van der Waals surface area contributed by atoms with E-state index < -0.39 is 24.5 Å². The van der Waals surface area contributed by atoms with E-state index in [9.17, 15) is 13.6 Å². The number of alkyl halides is 2. The van der Waals surface area contributed by atoms with E-state index in [1.165, 1.54) is 31.4 Å². The predicted octanol–water partition coefficient (Wildman–Crippen LogP) is 1.52. The Bertz CT molecular complexity index is 415. The van der Waals surface area contributed by atoms with Gasteiger partial charge in [-0.1, -0.05) is 12.1 Å². The largest absolute Gasteiger partial charge is 0.465 e. The highest BCUT2D eigenvalue weighted by Crippen LogP contribution is 2.29. The van der Waals surface area contributed by atoms with Gasteiger partial charge in [0.15, 0.2) is 0 Å². The first-order valence-corrected chi connectivity index (χ1v) is 4.85. The maximum Gasteiger partial charge on any atom is 0.337 e. The van der Waals surface area contributed by atoms with E-state index in [1.807, 2.05) is 0 Å². The number of carbonyl (C=O) groups is 1. The van der Waals surface area contributed by atoms with Crippen LogP contribution in [0.25, 0.3) is 0 Å². The Morgan fingerprint density at radius 3 is 2.67 bits per heavy atom. The molecule has 0 aliphatic rings. The first kappa shape index (κ1) is 16.8. The Hall–Kier alpha value is -1.24. The van der Waals surface area contributed by atoms with E-state index in [0.717, 1.165) is 0 Å². The normalized spacial score (nSPS) is 12.5. The minimum Gasteiger partial charge on any atom is -0.465 e. The summed E-state index contributed by atoms with van der Waals surface area (Å²) in [6.45, 7) is -1.35. The molecule has 1 rings (SSSR count). The van der Waals surface area contributed by atoms with Crippen molar-refractivity contribution in [2.45, 2.75) is 12.0 Å². The smallest absolute Gasteiger partial charge is 0.337 e. The average Bonchev–Trinajstić information content (AvgIpc) is 2.36. The number of benzene rings is 1. The number of carbonyl (C=O) groups excluding carboxylic acids is 1. The molecule has 0 amide bonds. The minimum absolute atomic E-state index is 0. The fourth-order valence-electron chi connectivity index (χ4n) is 1.32. The average molecular weight is 282 g/mol. The third-order valence-corrected chi connectivity index (χ3v) is 2.33. The van der Waals surface area contributed by atoms with E-state index in [1.54, 1.807) is 0 Å². The van der Waals surface area contributed by atoms with Gasteiger partial charge in [0.1, 0.15) is 6.61 Å². The SMILES string of the molecule is COC(=O)c1cccc([C@H](N)C(F)(F)CO)c1.Cl. The number of rotatable bonds is 4. The molecule has 102 valence electrons. The Morgan fingerprint density at radius 2 is 2.17 bits per heavy atom. The lowest BCUT2D eigenvalue weighted by Gasteiger charge is -2.21. The molecule has 0 bridgehead atoms. The van der Waals surface area contributed by atoms with Gasteiger partial charge in [0.2, 0.25) is 0 Å². The molecule has 7 heteroatoms. The topological polar surface area (TPSA) is 72.5 Å². The first-order valence-electron chi connectivity index (χ1n) is 4.85. The minimum atomic E-state index is -3.44. The van der Waals surface area contributed by atoms with Crippen molar-refractivity contribution < 1.29 is 23.4 Å². The third-order valence-electron chi connectivity index (χ3n) is 2.33. The number of nitrogens with two attached hydrogens (primary N) is 1. The zero-order chi connectivity index (χ0) is 13.1. The summed E-state index contributed by atoms with van der Waals surface area (Å²) in [7, 11) is 1.19. The van der Waals surface area contributed by atoms with Crippen molar-refractivity contribution in [2.75, 3.05) is 13.7 Å². The lowest BCUT2D eigenvalue weighted by molar-refractivity contribution is -0.0712. The molecule has 0 heterocycles. The fourth-order valence-corrected chi connectivity index (χ4v) is 1.32. The van der Waals surface area contributed by atoms with E-state index in [2.05, 4.69) is 4.74 Å². The van der Waals surface area contributed by atoms with Crippen molar-refractivity contribution in [2.24, 2.45) is 5.73 Å². The summed E-state index contributed by atoms with van der Waals surface area (Å²) in [6.07, 6.45) is 0. The van der Waals surface area contributed by atoms with Gasteiger partial charge in [-0.25, -0.2) is 13.6 Å². The summed E-state index contributed by atoms with van der Waals surface area (Å²) < 4.78 is 30.8. The number of ether oxygens (including phenoxy) is 1. The number of aliphatic hydroxyl groups excluding tert-OH is 1. The molecule has 3 N–H and O–H groups in total. The van der Waals surface area contributed by atoms with Gasteiger partial charge in [-0.15, -0.1) is 12.4 Å². The second kappa shape index (κ2) is 6.63. The van der Waals surface area contributed by atoms with Crippen LogP contribution < -0.4 is 5.73 Å². The lowest BCUT2D eigenvalue weighted by Crippen LogP contribution is -2.36. The first-order chi connectivity index (χ1) is 7.92. The number of halogens is 3. The van der Waals surface area contributed by atoms with Gasteiger partial charge >= 0.3 is 5.97 Å². The number of aliphatic hydroxyl groups is 1. The molecular formula is C11H14ClF2NO3. The van der Waals surface area contributed by atoms with Gasteiger partial charge in [0, 0.05) is 0 Å². The lowest BCUT2D eigenvalue weighted by atomic mass is 10.00. The zero-order valence-corrected chi connectivity index (χ0v) is 10.4. The molecule has 0 fully saturated rings. The number of methoxy groups -OCH3 is 1. The second-order valence-corrected chi connectivity index (χ2v) is 3.51. The number of hydrogen-bond acceptors (Lipinski definition) is 4. The molecule has 18 heavy (non-hydrogen) atoms. The van der Waals surface area contributed by atoms with Crippen LogP contribution in [0, 0.1) is 0 Å². The molecule has 1 aromatic rings. The van der Waals surface area contributed by atoms with Crippen LogP contribution >= 0.6 is 12.4 Å². The molecule has 0 radical (unpaired) electrons. The standard InChI is InChI=1S/C11H13F2NO3.ClH/c1-17-10(16)8-4-2-3-7(5-8)9(14)11(12,13)6-15;/h2-5,9,15H,6,14H2,1H3;1H/t9-;/m0./s1. The molecular weight excluding hydrogens is 268 g/mol. The van der Waals surface area contributed by atoms with E-state index in [-0.39, 0.29) is 23.5 Å². The second-order valence-electron chi connectivity index (χ2n) is 3.51. The van der Waals surface area contributed by atoms with Crippen molar-refractivity contribution >= 4 is 18.4 Å². The summed E-state index contributed by atoms with van der Waals surface area (Å²) >= 11 is 0. The summed E-state index contributed by atoms with van der Waals surface area (Å²) in [5.41, 5.74) is 5.53. The van der Waals surface area contributed by atoms with Crippen LogP contribution in [-0.4, -0.2) is 30.7 Å². The Balaban J connectivity index is 0.00000289. The van der Waals surface area contributed by atoms with Crippen LogP contribution in [0.4, 0.5) is 8.78 Å². The zero-order valence-electron chi connectivity index (χ0n) is 9.60. The van der Waals surface area contributed by atoms with Crippen molar-refractivity contribution in [1.82, 2.24) is 0 Å². The van der Waals surface area contributed by atoms with Crippen molar-refractivity contribution in [3.05, 3.63) is 35.4 Å². The van der Waals surface area contributed by atoms with Crippen molar-refractivity contribution in [3.8, 4) is 0 Å². The molecule has 1 aromatic carbocycles. The van der Waals surface area contributed by atoms with Crippen LogP contribution in [0.2, 0.25) is 0 Å². The van der Waals surface area contributed by atoms with Gasteiger partial charge in [-0.3, -0.25) is 0 Å². The Labute approximate surface area is 109 Å². The van der Waals surface area contributed by atoms with E-state index in [0.29, 0.717) is 0 Å². The van der Waals surface area contributed by atoms with Crippen LogP contribution in [-0.2, 0) is 4.74 Å². The van der Waals surface area contributed by atoms with E-state index in [4.69, 9.17) is 10.8 Å². The molecule has 0 saturated carbocycles. The monoisotopic (exact) mass is 281 g/mol. The van der Waals surface area contributed by atoms with Gasteiger partial charge in [-0.05, 0) is 17.7 Å². The molecule has 0 aromatic heterocycles. The predicted molar refractivity (Wildman–Crippen MR) is 64.0 cm³/mol. The Morgan fingerprint density at radius 1 is 1.56 bits per heavy atom. The van der Waals surface area contributed by atoms with Crippen LogP contribution in [0.1, 0.15) is 22.0 Å². The van der Waals surface area contributed by atoms with E-state index >= 15 is 0 Å². The van der Waals surface area contributed by atoms with Crippen molar-refractivity contribution in [1.29, 1.82) is 0 Å². The number of esters is 1. The van der Waals surface area contributed by atoms with Crippen LogP contribution in [0.3, 0.4) is 0 Å². The summed E-state index contributed by atoms with van der Waals surface area (Å²) in [4.78, 5) is 11.2. The maximum atomic E-state index is 13.2. The van der Waals surface area contributed by atoms with Crippen LogP contribution in [0.15, 0.2) is 24.3 Å². The van der Waals surface area contributed by atoms with Gasteiger partial charge in [0.25, 0.3) is 5.92 Å². The number of hydrogen-bond donors (Lipinski definition) is 2. The third kappa shape index (κ3) is 3.63. The summed E-state index contributed by atoms with van der Waals surface area (Å²) in [6, 6.07) is 3.77. The van der Waals surface area contributed by atoms with Crippen LogP contribution in [0.5, 0.6) is 0 Å². The highest BCUT2D eigenvalue weighted by atomic mass is 35.5. The molecule has 1 atom stereocenters. The molecule has 4 nitrogen and oxygen atoms in total. The molecule has 0 aliphatic carbocycles. The van der Waals surface area contributed by atoms with Gasteiger partial charge in [0.05, 0.1) is 18.7 Å². The van der Waals surface area contributed by atoms with Gasteiger partial charge in [-0.2, -0.15) is 0 Å².